The van der Waals surface area contributed by atoms with Crippen LogP contribution in [0, 0.1) is 0 Å². The van der Waals surface area contributed by atoms with Gasteiger partial charge in [-0.15, -0.1) is 11.3 Å². The van der Waals surface area contributed by atoms with E-state index in [0.717, 1.165) is 0 Å². The number of nitrogens with zero attached hydrogens (tertiary/aromatic N) is 1. The molecular formula is C10H5Cl3N2OS. The molecule has 1 aromatic heterocycles. The molecule has 0 aliphatic heterocycles. The highest BCUT2D eigenvalue weighted by Gasteiger charge is 2.13. The highest BCUT2D eigenvalue weighted by atomic mass is 35.5. The monoisotopic (exact) mass is 306 g/mol. The van der Waals surface area contributed by atoms with Crippen molar-refractivity contribution in [3.05, 3.63) is 43.8 Å². The maximum absolute atomic E-state index is 11.7. The zero-order valence-electron chi connectivity index (χ0n) is 8.21. The Hall–Kier alpha value is -0.810. The van der Waals surface area contributed by atoms with Gasteiger partial charge >= 0.3 is 0 Å². The van der Waals surface area contributed by atoms with E-state index in [9.17, 15) is 4.79 Å². The number of anilines is 1. The molecule has 0 atom stereocenters. The summed E-state index contributed by atoms with van der Waals surface area (Å²) < 4.78 is 0. The van der Waals surface area contributed by atoms with E-state index in [1.807, 2.05) is 0 Å². The fourth-order valence-electron chi connectivity index (χ4n) is 1.16. The van der Waals surface area contributed by atoms with Gasteiger partial charge in [-0.2, -0.15) is 0 Å². The Morgan fingerprint density at radius 2 is 1.88 bits per heavy atom. The molecule has 2 aromatic rings. The first kappa shape index (κ1) is 12.6. The maximum atomic E-state index is 11.7. The van der Waals surface area contributed by atoms with Crippen molar-refractivity contribution in [3.63, 3.8) is 0 Å². The minimum atomic E-state index is -0.364. The molecule has 1 aromatic carbocycles. The summed E-state index contributed by atoms with van der Waals surface area (Å²) in [6, 6.07) is 3.01. The molecule has 88 valence electrons. The quantitative estimate of drug-likeness (QED) is 0.896. The van der Waals surface area contributed by atoms with Gasteiger partial charge in [0.25, 0.3) is 5.91 Å². The number of hydrogen-bond donors (Lipinski definition) is 1. The van der Waals surface area contributed by atoms with Crippen LogP contribution in [-0.4, -0.2) is 10.9 Å². The van der Waals surface area contributed by atoms with E-state index in [1.54, 1.807) is 10.9 Å². The maximum Gasteiger partial charge on any atom is 0.275 e. The van der Waals surface area contributed by atoms with Gasteiger partial charge in [0.1, 0.15) is 5.69 Å². The topological polar surface area (TPSA) is 42.0 Å². The van der Waals surface area contributed by atoms with E-state index in [1.165, 1.54) is 23.5 Å². The minimum Gasteiger partial charge on any atom is -0.318 e. The van der Waals surface area contributed by atoms with Gasteiger partial charge in [0, 0.05) is 10.4 Å². The lowest BCUT2D eigenvalue weighted by Crippen LogP contribution is -2.12. The number of benzene rings is 1. The Balaban J connectivity index is 2.28. The van der Waals surface area contributed by atoms with Gasteiger partial charge in [-0.05, 0) is 12.1 Å². The first-order valence-electron chi connectivity index (χ1n) is 4.42. The average molecular weight is 308 g/mol. The van der Waals surface area contributed by atoms with Crippen LogP contribution in [0.4, 0.5) is 5.69 Å². The Labute approximate surface area is 116 Å². The number of carbonyl (C=O) groups is 1. The number of hydrogen-bond acceptors (Lipinski definition) is 3. The number of nitrogens with one attached hydrogen (secondary N) is 1. The van der Waals surface area contributed by atoms with Crippen LogP contribution in [0.5, 0.6) is 0 Å². The van der Waals surface area contributed by atoms with Crippen molar-refractivity contribution in [3.8, 4) is 0 Å². The van der Waals surface area contributed by atoms with Crippen LogP contribution in [-0.2, 0) is 0 Å². The van der Waals surface area contributed by atoms with E-state index in [-0.39, 0.29) is 16.0 Å². The molecule has 0 bridgehead atoms. The molecule has 0 fully saturated rings. The second-order valence-corrected chi connectivity index (χ2v) is 5.04. The van der Waals surface area contributed by atoms with Gasteiger partial charge in [-0.3, -0.25) is 4.79 Å². The minimum absolute atomic E-state index is 0.283. The van der Waals surface area contributed by atoms with Crippen molar-refractivity contribution < 1.29 is 4.79 Å². The van der Waals surface area contributed by atoms with Gasteiger partial charge < -0.3 is 5.32 Å². The number of halogens is 3. The third-order valence-electron chi connectivity index (χ3n) is 1.91. The Morgan fingerprint density at radius 1 is 1.24 bits per heavy atom. The van der Waals surface area contributed by atoms with Crippen LogP contribution in [0.15, 0.2) is 23.0 Å². The van der Waals surface area contributed by atoms with Gasteiger partial charge in [-0.25, -0.2) is 4.98 Å². The number of carbonyl (C=O) groups excluding carboxylic acids is 1. The summed E-state index contributed by atoms with van der Waals surface area (Å²) >= 11 is 19.0. The van der Waals surface area contributed by atoms with E-state index < -0.39 is 0 Å². The number of amides is 1. The summed E-state index contributed by atoms with van der Waals surface area (Å²) in [4.78, 5) is 15.6. The molecule has 0 aliphatic rings. The summed E-state index contributed by atoms with van der Waals surface area (Å²) in [6.07, 6.45) is 0. The third-order valence-corrected chi connectivity index (χ3v) is 3.31. The van der Waals surface area contributed by atoms with Gasteiger partial charge in [0.2, 0.25) is 0 Å². The van der Waals surface area contributed by atoms with Crippen molar-refractivity contribution in [2.24, 2.45) is 0 Å². The predicted octanol–water partition coefficient (Wildman–Crippen LogP) is 4.36. The first-order chi connectivity index (χ1) is 8.08. The highest BCUT2D eigenvalue weighted by Crippen LogP contribution is 2.33. The third kappa shape index (κ3) is 2.90. The molecule has 0 saturated heterocycles. The lowest BCUT2D eigenvalue weighted by atomic mass is 10.3. The largest absolute Gasteiger partial charge is 0.318 e. The van der Waals surface area contributed by atoms with Crippen LogP contribution < -0.4 is 5.32 Å². The van der Waals surface area contributed by atoms with Gasteiger partial charge in [0.15, 0.2) is 0 Å². The highest BCUT2D eigenvalue weighted by molar-refractivity contribution is 7.07. The molecular weight excluding hydrogens is 303 g/mol. The second kappa shape index (κ2) is 5.23. The number of rotatable bonds is 2. The number of aromatic nitrogens is 1. The van der Waals surface area contributed by atoms with Gasteiger partial charge in [0.05, 0.1) is 21.2 Å². The van der Waals surface area contributed by atoms with E-state index in [4.69, 9.17) is 34.8 Å². The summed E-state index contributed by atoms with van der Waals surface area (Å²) in [5.74, 6) is -0.364. The Kier molecular flexibility index (Phi) is 3.89. The first-order valence-corrected chi connectivity index (χ1v) is 6.49. The van der Waals surface area contributed by atoms with E-state index in [2.05, 4.69) is 10.3 Å². The molecule has 0 spiro atoms. The van der Waals surface area contributed by atoms with Crippen molar-refractivity contribution in [1.29, 1.82) is 0 Å². The van der Waals surface area contributed by atoms with Crippen molar-refractivity contribution >= 4 is 57.7 Å². The lowest BCUT2D eigenvalue weighted by molar-refractivity contribution is 0.102. The zero-order valence-corrected chi connectivity index (χ0v) is 11.3. The van der Waals surface area contributed by atoms with Crippen molar-refractivity contribution in [2.75, 3.05) is 5.32 Å². The van der Waals surface area contributed by atoms with Crippen LogP contribution >= 0.6 is 46.1 Å². The SMILES string of the molecule is O=C(Nc1c(Cl)cc(Cl)cc1Cl)c1cscn1. The fourth-order valence-corrected chi connectivity index (χ4v) is 2.61. The van der Waals surface area contributed by atoms with Crippen LogP contribution in [0.3, 0.4) is 0 Å². The predicted molar refractivity (Wildman–Crippen MR) is 71.5 cm³/mol. The molecule has 2 rings (SSSR count). The summed E-state index contributed by atoms with van der Waals surface area (Å²) in [6.45, 7) is 0. The fraction of sp³-hybridized carbons (Fsp3) is 0. The molecule has 7 heteroatoms. The molecule has 17 heavy (non-hydrogen) atoms. The smallest absolute Gasteiger partial charge is 0.275 e. The van der Waals surface area contributed by atoms with Crippen molar-refractivity contribution in [1.82, 2.24) is 4.98 Å². The standard InChI is InChI=1S/C10H5Cl3N2OS/c11-5-1-6(12)9(7(13)2-5)15-10(16)8-3-17-4-14-8/h1-4H,(H,15,16). The molecule has 0 aliphatic carbocycles. The molecule has 1 amide bonds. The van der Waals surface area contributed by atoms with E-state index >= 15 is 0 Å². The molecule has 1 N–H and O–H groups in total. The lowest BCUT2D eigenvalue weighted by Gasteiger charge is -2.08. The van der Waals surface area contributed by atoms with Gasteiger partial charge in [-0.1, -0.05) is 34.8 Å². The molecule has 0 saturated carbocycles. The van der Waals surface area contributed by atoms with Crippen LogP contribution in [0.2, 0.25) is 15.1 Å². The second-order valence-electron chi connectivity index (χ2n) is 3.07. The molecule has 3 nitrogen and oxygen atoms in total. The average Bonchev–Trinajstić information content (AvgIpc) is 2.76. The summed E-state index contributed by atoms with van der Waals surface area (Å²) in [5.41, 5.74) is 2.22. The van der Waals surface area contributed by atoms with Crippen LogP contribution in [0.1, 0.15) is 10.5 Å². The zero-order chi connectivity index (χ0) is 12.4. The Morgan fingerprint density at radius 3 is 2.41 bits per heavy atom. The van der Waals surface area contributed by atoms with E-state index in [0.29, 0.717) is 16.4 Å². The normalized spacial score (nSPS) is 10.3. The number of thiazole rings is 1. The molecule has 0 radical (unpaired) electrons. The molecule has 1 heterocycles. The van der Waals surface area contributed by atoms with Crippen LogP contribution in [0.25, 0.3) is 0 Å². The summed E-state index contributed by atoms with van der Waals surface area (Å²) in [7, 11) is 0. The molecule has 0 unspecified atom stereocenters. The Bertz CT molecular complexity index is 534. The van der Waals surface area contributed by atoms with Crippen molar-refractivity contribution in [2.45, 2.75) is 0 Å². The summed E-state index contributed by atoms with van der Waals surface area (Å²) in [5, 5.41) is 5.20.